The number of benzene rings is 2. The van der Waals surface area contributed by atoms with E-state index in [1.54, 1.807) is 20.4 Å². The third-order valence-corrected chi connectivity index (χ3v) is 3.82. The first-order valence-electron chi connectivity index (χ1n) is 7.15. The van der Waals surface area contributed by atoms with Gasteiger partial charge in [0.1, 0.15) is 11.5 Å². The summed E-state index contributed by atoms with van der Waals surface area (Å²) in [5, 5.41) is 6.30. The first-order valence-corrected chi connectivity index (χ1v) is 8.03. The van der Waals surface area contributed by atoms with Crippen molar-refractivity contribution >= 4 is 28.7 Å². The number of hydrogen-bond donors (Lipinski definition) is 2. The van der Waals surface area contributed by atoms with Crippen LogP contribution in [0.2, 0.25) is 0 Å². The Balaban J connectivity index is 1.97. The normalized spacial score (nSPS) is 10.5. The van der Waals surface area contributed by atoms with E-state index < -0.39 is 0 Å². The van der Waals surface area contributed by atoms with Gasteiger partial charge >= 0.3 is 0 Å². The molecule has 0 unspecified atom stereocenters. The van der Waals surface area contributed by atoms with Gasteiger partial charge in [-0.3, -0.25) is 10.1 Å². The van der Waals surface area contributed by atoms with Crippen molar-refractivity contribution in [2.75, 3.05) is 18.9 Å². The molecule has 0 radical (unpaired) electrons. The summed E-state index contributed by atoms with van der Waals surface area (Å²) in [5.41, 5.74) is 1.62. The summed E-state index contributed by atoms with van der Waals surface area (Å²) < 4.78 is 19.6. The van der Waals surface area contributed by atoms with Crippen LogP contribution in [0.5, 0.6) is 23.0 Å². The maximum atomic E-state index is 6.05. The van der Waals surface area contributed by atoms with Crippen LogP contribution in [0.25, 0.3) is 10.9 Å². The third-order valence-electron chi connectivity index (χ3n) is 3.47. The molecule has 6 nitrogen and oxygen atoms in total. The topological polar surface area (TPSA) is 78.6 Å². The maximum absolute atomic E-state index is 6.05. The molecule has 0 saturated carbocycles. The quantitative estimate of drug-likeness (QED) is 0.655. The number of rotatable bonds is 6. The zero-order chi connectivity index (χ0) is 16.9. The van der Waals surface area contributed by atoms with Crippen molar-refractivity contribution in [2.45, 2.75) is 0 Å². The van der Waals surface area contributed by atoms with Crippen LogP contribution in [-0.4, -0.2) is 19.2 Å². The number of ether oxygens (including phenoxy) is 3. The predicted molar refractivity (Wildman–Crippen MR) is 96.8 cm³/mol. The molecule has 0 fully saturated rings. The molecular formula is C17H17N3O3S. The van der Waals surface area contributed by atoms with Gasteiger partial charge in [-0.1, -0.05) is 0 Å². The average molecular weight is 343 g/mol. The Kier molecular flexibility index (Phi) is 4.93. The summed E-state index contributed by atoms with van der Waals surface area (Å²) in [6.45, 7) is 0. The molecule has 3 aromatic rings. The van der Waals surface area contributed by atoms with Crippen LogP contribution in [0.4, 0.5) is 5.69 Å². The van der Waals surface area contributed by atoms with Gasteiger partial charge in [-0.2, -0.15) is 0 Å². The summed E-state index contributed by atoms with van der Waals surface area (Å²) in [5.74, 6) is 2.65. The van der Waals surface area contributed by atoms with Crippen LogP contribution in [0.1, 0.15) is 0 Å². The van der Waals surface area contributed by atoms with Crippen LogP contribution < -0.4 is 24.1 Å². The number of hydrogen-bond acceptors (Lipinski definition) is 7. The van der Waals surface area contributed by atoms with Crippen molar-refractivity contribution in [2.24, 2.45) is 5.14 Å². The Bertz CT molecular complexity index is 858. The molecule has 0 aliphatic carbocycles. The van der Waals surface area contributed by atoms with E-state index in [0.29, 0.717) is 17.2 Å². The Labute approximate surface area is 144 Å². The Hall–Kier alpha value is -2.64. The molecule has 0 spiro atoms. The number of anilines is 1. The first kappa shape index (κ1) is 16.2. The Morgan fingerprint density at radius 3 is 2.58 bits per heavy atom. The molecule has 1 heterocycles. The van der Waals surface area contributed by atoms with E-state index >= 15 is 0 Å². The van der Waals surface area contributed by atoms with Gasteiger partial charge in [0.25, 0.3) is 0 Å². The van der Waals surface area contributed by atoms with E-state index in [2.05, 4.69) is 9.71 Å². The van der Waals surface area contributed by atoms with E-state index in [0.717, 1.165) is 34.5 Å². The summed E-state index contributed by atoms with van der Waals surface area (Å²) in [6, 6.07) is 13.0. The van der Waals surface area contributed by atoms with Crippen LogP contribution in [0, 0.1) is 0 Å². The number of fused-ring (bicyclic) bond motifs is 1. The van der Waals surface area contributed by atoms with Gasteiger partial charge in [0.05, 0.1) is 19.7 Å². The lowest BCUT2D eigenvalue weighted by atomic mass is 10.2. The minimum atomic E-state index is 0.604. The summed E-state index contributed by atoms with van der Waals surface area (Å²) >= 11 is 1.02. The summed E-state index contributed by atoms with van der Waals surface area (Å²) in [4.78, 5) is 4.36. The average Bonchev–Trinajstić information content (AvgIpc) is 2.62. The zero-order valence-electron chi connectivity index (χ0n) is 13.3. The molecule has 0 amide bonds. The first-order chi connectivity index (χ1) is 11.7. The standard InChI is InChI=1S/C17H17N3O3S/c1-21-12-4-5-13-14(10-12)19-8-7-15(13)23-16-6-3-11(20-24-18)9-17(16)22-2/h3-10,20H,18H2,1-2H3. The van der Waals surface area contributed by atoms with E-state index in [9.17, 15) is 0 Å². The van der Waals surface area contributed by atoms with Gasteiger partial charge < -0.3 is 18.9 Å². The fraction of sp³-hybridized carbons (Fsp3) is 0.118. The van der Waals surface area contributed by atoms with Crippen molar-refractivity contribution in [1.82, 2.24) is 4.98 Å². The van der Waals surface area contributed by atoms with Crippen LogP contribution >= 0.6 is 12.1 Å². The number of nitrogens with zero attached hydrogens (tertiary/aromatic N) is 1. The van der Waals surface area contributed by atoms with E-state index in [4.69, 9.17) is 19.3 Å². The van der Waals surface area contributed by atoms with E-state index in [1.807, 2.05) is 42.5 Å². The smallest absolute Gasteiger partial charge is 0.169 e. The third kappa shape index (κ3) is 3.32. The molecule has 24 heavy (non-hydrogen) atoms. The highest BCUT2D eigenvalue weighted by Crippen LogP contribution is 2.37. The molecular weight excluding hydrogens is 326 g/mol. The molecule has 2 aromatic carbocycles. The van der Waals surface area contributed by atoms with Gasteiger partial charge in [0, 0.05) is 41.5 Å². The SMILES string of the molecule is COc1ccc2c(Oc3ccc(NSN)cc3OC)ccnc2c1. The van der Waals surface area contributed by atoms with Gasteiger partial charge in [0.2, 0.25) is 0 Å². The van der Waals surface area contributed by atoms with Crippen LogP contribution in [0.3, 0.4) is 0 Å². The highest BCUT2D eigenvalue weighted by Gasteiger charge is 2.10. The fourth-order valence-corrected chi connectivity index (χ4v) is 2.58. The van der Waals surface area contributed by atoms with Gasteiger partial charge in [0.15, 0.2) is 11.5 Å². The Morgan fingerprint density at radius 1 is 0.958 bits per heavy atom. The van der Waals surface area contributed by atoms with Crippen molar-refractivity contribution in [3.8, 4) is 23.0 Å². The fourth-order valence-electron chi connectivity index (χ4n) is 2.32. The molecule has 0 aliphatic heterocycles. The number of methoxy groups -OCH3 is 2. The van der Waals surface area contributed by atoms with Crippen LogP contribution in [-0.2, 0) is 0 Å². The number of nitrogens with one attached hydrogen (secondary N) is 1. The van der Waals surface area contributed by atoms with E-state index in [-0.39, 0.29) is 0 Å². The van der Waals surface area contributed by atoms with Crippen molar-refractivity contribution in [1.29, 1.82) is 0 Å². The number of aromatic nitrogens is 1. The maximum Gasteiger partial charge on any atom is 0.169 e. The van der Waals surface area contributed by atoms with Gasteiger partial charge in [-0.25, -0.2) is 0 Å². The van der Waals surface area contributed by atoms with Crippen molar-refractivity contribution in [3.05, 3.63) is 48.7 Å². The molecule has 0 atom stereocenters. The molecule has 3 N–H and O–H groups in total. The predicted octanol–water partition coefficient (Wildman–Crippen LogP) is 3.98. The zero-order valence-corrected chi connectivity index (χ0v) is 14.1. The highest BCUT2D eigenvalue weighted by atomic mass is 32.2. The lowest BCUT2D eigenvalue weighted by Crippen LogP contribution is -1.95. The summed E-state index contributed by atoms with van der Waals surface area (Å²) in [7, 11) is 3.22. The second kappa shape index (κ2) is 7.29. The lowest BCUT2D eigenvalue weighted by molar-refractivity contribution is 0.380. The molecule has 1 aromatic heterocycles. The highest BCUT2D eigenvalue weighted by molar-refractivity contribution is 7.98. The molecule has 0 saturated heterocycles. The molecule has 124 valence electrons. The van der Waals surface area contributed by atoms with Crippen LogP contribution in [0.15, 0.2) is 48.7 Å². The lowest BCUT2D eigenvalue weighted by Gasteiger charge is -2.13. The number of pyridine rings is 1. The Morgan fingerprint density at radius 2 is 1.83 bits per heavy atom. The van der Waals surface area contributed by atoms with E-state index in [1.165, 1.54) is 0 Å². The number of nitrogens with two attached hydrogens (primary N) is 1. The summed E-state index contributed by atoms with van der Waals surface area (Å²) in [6.07, 6.45) is 1.70. The minimum Gasteiger partial charge on any atom is -0.497 e. The molecule has 3 rings (SSSR count). The molecule has 0 bridgehead atoms. The van der Waals surface area contributed by atoms with Gasteiger partial charge in [-0.05, 0) is 30.3 Å². The molecule has 7 heteroatoms. The second-order valence-electron chi connectivity index (χ2n) is 4.88. The monoisotopic (exact) mass is 343 g/mol. The second-order valence-corrected chi connectivity index (χ2v) is 5.32. The largest absolute Gasteiger partial charge is 0.497 e. The minimum absolute atomic E-state index is 0.604. The van der Waals surface area contributed by atoms with Crippen molar-refractivity contribution in [3.63, 3.8) is 0 Å². The molecule has 0 aliphatic rings. The van der Waals surface area contributed by atoms with Gasteiger partial charge in [-0.15, -0.1) is 0 Å². The van der Waals surface area contributed by atoms with Crippen molar-refractivity contribution < 1.29 is 14.2 Å².